The lowest BCUT2D eigenvalue weighted by molar-refractivity contribution is -0.123. The van der Waals surface area contributed by atoms with Crippen LogP contribution in [0.25, 0.3) is 0 Å². The second-order valence-corrected chi connectivity index (χ2v) is 4.89. The minimum Gasteiger partial charge on any atom is -0.493 e. The Morgan fingerprint density at radius 1 is 1.13 bits per heavy atom. The number of rotatable bonds is 7. The molecule has 0 bridgehead atoms. The summed E-state index contributed by atoms with van der Waals surface area (Å²) < 4.78 is 10.8. The van der Waals surface area contributed by atoms with Gasteiger partial charge in [0, 0.05) is 5.56 Å². The first kappa shape index (κ1) is 16.8. The minimum absolute atomic E-state index is 0.172. The van der Waals surface area contributed by atoms with Crippen molar-refractivity contribution in [3.63, 3.8) is 0 Å². The molecule has 0 unspecified atom stereocenters. The molecule has 2 aromatic rings. The maximum Gasteiger partial charge on any atom is 0.277 e. The lowest BCUT2D eigenvalue weighted by atomic mass is 10.2. The van der Waals surface area contributed by atoms with E-state index in [1.807, 2.05) is 31.2 Å². The Kier molecular flexibility index (Phi) is 6.44. The lowest BCUT2D eigenvalue weighted by Crippen LogP contribution is -2.24. The van der Waals surface area contributed by atoms with Crippen molar-refractivity contribution in [1.82, 2.24) is 5.43 Å². The summed E-state index contributed by atoms with van der Waals surface area (Å²) >= 11 is 5.94. The molecule has 0 aliphatic heterocycles. The predicted molar refractivity (Wildman–Crippen MR) is 90.3 cm³/mol. The zero-order chi connectivity index (χ0) is 16.5. The summed E-state index contributed by atoms with van der Waals surface area (Å²) in [7, 11) is 0. The molecule has 0 aliphatic carbocycles. The number of hydrogen-bond acceptors (Lipinski definition) is 4. The normalized spacial score (nSPS) is 10.5. The molecule has 2 aromatic carbocycles. The first-order chi connectivity index (χ1) is 11.2. The van der Waals surface area contributed by atoms with Crippen LogP contribution in [0.3, 0.4) is 0 Å². The van der Waals surface area contributed by atoms with Crippen LogP contribution in [-0.4, -0.2) is 25.3 Å². The van der Waals surface area contributed by atoms with E-state index in [1.54, 1.807) is 24.3 Å². The van der Waals surface area contributed by atoms with Crippen molar-refractivity contribution in [2.45, 2.75) is 6.92 Å². The van der Waals surface area contributed by atoms with Gasteiger partial charge in [0.05, 0.1) is 17.8 Å². The van der Waals surface area contributed by atoms with E-state index in [0.29, 0.717) is 23.1 Å². The summed E-state index contributed by atoms with van der Waals surface area (Å²) in [4.78, 5) is 11.7. The summed E-state index contributed by atoms with van der Waals surface area (Å²) in [6, 6.07) is 14.4. The lowest BCUT2D eigenvalue weighted by Gasteiger charge is -2.07. The molecule has 5 nitrogen and oxygen atoms in total. The molecule has 6 heteroatoms. The third kappa shape index (κ3) is 5.30. The van der Waals surface area contributed by atoms with Crippen LogP contribution < -0.4 is 14.9 Å². The van der Waals surface area contributed by atoms with Gasteiger partial charge in [-0.2, -0.15) is 5.10 Å². The smallest absolute Gasteiger partial charge is 0.277 e. The molecule has 0 fully saturated rings. The van der Waals surface area contributed by atoms with E-state index in [4.69, 9.17) is 21.1 Å². The van der Waals surface area contributed by atoms with Gasteiger partial charge in [0.25, 0.3) is 5.91 Å². The molecule has 2 rings (SSSR count). The minimum atomic E-state index is -0.380. The number of ether oxygens (including phenoxy) is 2. The van der Waals surface area contributed by atoms with Crippen molar-refractivity contribution in [2.24, 2.45) is 5.10 Å². The fraction of sp³-hybridized carbons (Fsp3) is 0.176. The molecule has 120 valence electrons. The number of nitrogens with zero attached hydrogens (tertiary/aromatic N) is 1. The van der Waals surface area contributed by atoms with E-state index in [2.05, 4.69) is 10.5 Å². The van der Waals surface area contributed by atoms with E-state index >= 15 is 0 Å². The molecular weight excluding hydrogens is 316 g/mol. The number of para-hydroxylation sites is 2. The summed E-state index contributed by atoms with van der Waals surface area (Å²) in [6.45, 7) is 2.29. The molecule has 0 atom stereocenters. The van der Waals surface area contributed by atoms with E-state index in [9.17, 15) is 4.79 Å². The largest absolute Gasteiger partial charge is 0.493 e. The molecule has 23 heavy (non-hydrogen) atoms. The van der Waals surface area contributed by atoms with E-state index in [0.717, 1.165) is 5.56 Å². The highest BCUT2D eigenvalue weighted by Gasteiger charge is 2.04. The molecule has 0 saturated carbocycles. The summed E-state index contributed by atoms with van der Waals surface area (Å²) in [6.07, 6.45) is 1.53. The fourth-order valence-electron chi connectivity index (χ4n) is 1.79. The molecular formula is C17H17ClN2O3. The monoisotopic (exact) mass is 332 g/mol. The Morgan fingerprint density at radius 3 is 2.57 bits per heavy atom. The van der Waals surface area contributed by atoms with Gasteiger partial charge >= 0.3 is 0 Å². The van der Waals surface area contributed by atoms with Gasteiger partial charge in [0.1, 0.15) is 11.5 Å². The maximum atomic E-state index is 11.7. The molecule has 0 aromatic heterocycles. The number of halogens is 1. The van der Waals surface area contributed by atoms with Gasteiger partial charge in [-0.05, 0) is 31.2 Å². The highest BCUT2D eigenvalue weighted by atomic mass is 35.5. The number of hydrazone groups is 1. The molecule has 1 N–H and O–H groups in total. The van der Waals surface area contributed by atoms with E-state index in [1.165, 1.54) is 6.21 Å². The predicted octanol–water partition coefficient (Wildman–Crippen LogP) is 3.27. The van der Waals surface area contributed by atoms with Gasteiger partial charge in [-0.1, -0.05) is 35.9 Å². The molecule has 0 spiro atoms. The number of amides is 1. The SMILES string of the molecule is CCOc1ccccc1C=NNC(=O)COc1ccccc1Cl. The number of carbonyl (C=O) groups is 1. The summed E-state index contributed by atoms with van der Waals surface area (Å²) in [5.41, 5.74) is 3.18. The van der Waals surface area contributed by atoms with Gasteiger partial charge in [-0.3, -0.25) is 4.79 Å². The molecule has 0 heterocycles. The topological polar surface area (TPSA) is 59.9 Å². The Bertz CT molecular complexity index is 689. The number of nitrogens with one attached hydrogen (secondary N) is 1. The van der Waals surface area contributed by atoms with Gasteiger partial charge in [-0.15, -0.1) is 0 Å². The molecule has 0 saturated heterocycles. The van der Waals surface area contributed by atoms with Crippen LogP contribution in [0, 0.1) is 0 Å². The van der Waals surface area contributed by atoms with Crippen molar-refractivity contribution in [1.29, 1.82) is 0 Å². The van der Waals surface area contributed by atoms with Crippen LogP contribution >= 0.6 is 11.6 Å². The second-order valence-electron chi connectivity index (χ2n) is 4.48. The average Bonchev–Trinajstić information content (AvgIpc) is 2.56. The number of hydrogen-bond donors (Lipinski definition) is 1. The van der Waals surface area contributed by atoms with Crippen LogP contribution in [0.4, 0.5) is 0 Å². The van der Waals surface area contributed by atoms with Gasteiger partial charge in [0.2, 0.25) is 0 Å². The van der Waals surface area contributed by atoms with Gasteiger partial charge < -0.3 is 9.47 Å². The molecule has 0 radical (unpaired) electrons. The van der Waals surface area contributed by atoms with Crippen LogP contribution in [0.15, 0.2) is 53.6 Å². The van der Waals surface area contributed by atoms with Crippen LogP contribution in [0.1, 0.15) is 12.5 Å². The first-order valence-electron chi connectivity index (χ1n) is 7.11. The third-order valence-corrected chi connectivity index (χ3v) is 3.12. The standard InChI is InChI=1S/C17H17ClN2O3/c1-2-22-15-9-5-3-7-13(15)11-19-20-17(21)12-23-16-10-6-4-8-14(16)18/h3-11H,2,12H2,1H3,(H,20,21). The van der Waals surface area contributed by atoms with Gasteiger partial charge in [-0.25, -0.2) is 5.43 Å². The van der Waals surface area contributed by atoms with Crippen molar-refractivity contribution >= 4 is 23.7 Å². The summed E-state index contributed by atoms with van der Waals surface area (Å²) in [5, 5.41) is 4.35. The maximum absolute atomic E-state index is 11.7. The van der Waals surface area contributed by atoms with Gasteiger partial charge in [0.15, 0.2) is 6.61 Å². The highest BCUT2D eigenvalue weighted by Crippen LogP contribution is 2.22. The zero-order valence-electron chi connectivity index (χ0n) is 12.7. The Labute approximate surface area is 139 Å². The Balaban J connectivity index is 1.86. The van der Waals surface area contributed by atoms with Crippen molar-refractivity contribution in [3.05, 3.63) is 59.1 Å². The quantitative estimate of drug-likeness (QED) is 0.625. The number of benzene rings is 2. The fourth-order valence-corrected chi connectivity index (χ4v) is 1.98. The van der Waals surface area contributed by atoms with E-state index in [-0.39, 0.29) is 12.5 Å². The van der Waals surface area contributed by atoms with Crippen LogP contribution in [0.2, 0.25) is 5.02 Å². The van der Waals surface area contributed by atoms with E-state index < -0.39 is 0 Å². The number of carbonyl (C=O) groups excluding carboxylic acids is 1. The van der Waals surface area contributed by atoms with Crippen molar-refractivity contribution < 1.29 is 14.3 Å². The molecule has 1 amide bonds. The average molecular weight is 333 g/mol. The zero-order valence-corrected chi connectivity index (χ0v) is 13.4. The van der Waals surface area contributed by atoms with Crippen molar-refractivity contribution in [3.8, 4) is 11.5 Å². The van der Waals surface area contributed by atoms with Crippen LogP contribution in [0.5, 0.6) is 11.5 Å². The molecule has 0 aliphatic rings. The first-order valence-corrected chi connectivity index (χ1v) is 7.49. The third-order valence-electron chi connectivity index (χ3n) is 2.81. The second kappa shape index (κ2) is 8.80. The van der Waals surface area contributed by atoms with Crippen molar-refractivity contribution in [2.75, 3.05) is 13.2 Å². The Hall–Kier alpha value is -2.53. The highest BCUT2D eigenvalue weighted by molar-refractivity contribution is 6.32. The van der Waals surface area contributed by atoms with Crippen LogP contribution in [-0.2, 0) is 4.79 Å². The summed E-state index contributed by atoms with van der Waals surface area (Å²) in [5.74, 6) is 0.783. The Morgan fingerprint density at radius 2 is 1.83 bits per heavy atom.